The van der Waals surface area contributed by atoms with Crippen molar-refractivity contribution in [1.29, 1.82) is 0 Å². The molecule has 3 N–H and O–H groups in total. The van der Waals surface area contributed by atoms with E-state index in [9.17, 15) is 9.59 Å². The highest BCUT2D eigenvalue weighted by Gasteiger charge is 2.26. The molecule has 7 nitrogen and oxygen atoms in total. The Labute approximate surface area is 187 Å². The summed E-state index contributed by atoms with van der Waals surface area (Å²) in [5.74, 6) is 2.71. The van der Waals surface area contributed by atoms with Crippen LogP contribution in [0.5, 0.6) is 0 Å². The molecule has 166 valence electrons. The van der Waals surface area contributed by atoms with Gasteiger partial charge in [-0.3, -0.25) is 9.59 Å². The number of likely N-dealkylation sites (N-methyl/N-ethyl adjacent to an activating group) is 1. The monoisotopic (exact) mass is 432 g/mol. The number of hydrogen-bond donors (Lipinski definition) is 1. The van der Waals surface area contributed by atoms with Gasteiger partial charge in [0.1, 0.15) is 0 Å². The summed E-state index contributed by atoms with van der Waals surface area (Å²) >= 11 is 0. The molecule has 1 saturated heterocycles. The standard InChI is InChI=1S/C25H26N4O2.H2O/c1-3-18-7-6-8-20(13-18)23(17-29-11-4-5-12-29)28(2)25(31)15-19-9-10-21-22(14-19)27-24(30)16-26-21;/h1,6-10,13-14,16,23H,4-5,11-12,15,17H2,2H3,(H,27,30);1H2. The quantitative estimate of drug-likeness (QED) is 0.601. The zero-order valence-electron chi connectivity index (χ0n) is 18.2. The van der Waals surface area contributed by atoms with Crippen molar-refractivity contribution in [1.82, 2.24) is 19.8 Å². The van der Waals surface area contributed by atoms with Crippen LogP contribution in [-0.4, -0.2) is 57.8 Å². The first-order chi connectivity index (χ1) is 15.0. The van der Waals surface area contributed by atoms with E-state index in [0.717, 1.165) is 36.3 Å². The van der Waals surface area contributed by atoms with Crippen molar-refractivity contribution in [2.75, 3.05) is 26.7 Å². The van der Waals surface area contributed by atoms with E-state index in [4.69, 9.17) is 6.42 Å². The maximum atomic E-state index is 13.2. The highest BCUT2D eigenvalue weighted by molar-refractivity contribution is 5.81. The maximum absolute atomic E-state index is 13.2. The largest absolute Gasteiger partial charge is 0.412 e. The average molecular weight is 433 g/mol. The molecule has 2 aromatic carbocycles. The summed E-state index contributed by atoms with van der Waals surface area (Å²) in [5.41, 5.74) is 3.77. The summed E-state index contributed by atoms with van der Waals surface area (Å²) < 4.78 is 0. The van der Waals surface area contributed by atoms with Gasteiger partial charge < -0.3 is 20.3 Å². The van der Waals surface area contributed by atoms with Crippen molar-refractivity contribution in [2.45, 2.75) is 25.3 Å². The predicted octanol–water partition coefficient (Wildman–Crippen LogP) is 1.92. The van der Waals surface area contributed by atoms with E-state index in [1.54, 1.807) is 0 Å². The number of hydrogen-bond acceptors (Lipinski definition) is 4. The summed E-state index contributed by atoms with van der Waals surface area (Å²) in [6.45, 7) is 2.89. The maximum Gasteiger partial charge on any atom is 0.266 e. The van der Waals surface area contributed by atoms with Crippen molar-refractivity contribution in [3.63, 3.8) is 0 Å². The van der Waals surface area contributed by atoms with Crippen LogP contribution in [0.2, 0.25) is 0 Å². The number of carbonyl (C=O) groups excluding carboxylic acids is 1. The Balaban J connectivity index is 0.00000289. The van der Waals surface area contributed by atoms with Gasteiger partial charge in [0.2, 0.25) is 5.91 Å². The topological polar surface area (TPSA) is 101 Å². The van der Waals surface area contributed by atoms with Crippen molar-refractivity contribution in [3.05, 3.63) is 75.7 Å². The number of H-pyrrole nitrogens is 1. The van der Waals surface area contributed by atoms with Crippen LogP contribution in [0, 0.1) is 12.3 Å². The molecule has 3 aromatic rings. The molecule has 0 radical (unpaired) electrons. The first-order valence-electron chi connectivity index (χ1n) is 10.6. The SMILES string of the molecule is C#Cc1cccc(C(CN2CCCC2)N(C)C(=O)Cc2ccc3ncc(=O)[nH]c3c2)c1.O. The van der Waals surface area contributed by atoms with E-state index in [1.165, 1.54) is 19.0 Å². The van der Waals surface area contributed by atoms with Gasteiger partial charge in [-0.25, -0.2) is 4.98 Å². The minimum Gasteiger partial charge on any atom is -0.412 e. The molecule has 1 unspecified atom stereocenters. The lowest BCUT2D eigenvalue weighted by Crippen LogP contribution is -2.39. The molecule has 0 aliphatic carbocycles. The van der Waals surface area contributed by atoms with Gasteiger partial charge in [-0.2, -0.15) is 0 Å². The third-order valence-corrected chi connectivity index (χ3v) is 5.92. The van der Waals surface area contributed by atoms with Crippen LogP contribution >= 0.6 is 0 Å². The summed E-state index contributed by atoms with van der Waals surface area (Å²) in [6, 6.07) is 13.3. The van der Waals surface area contributed by atoms with Crippen LogP contribution in [0.25, 0.3) is 11.0 Å². The molecule has 0 saturated carbocycles. The second-order valence-electron chi connectivity index (χ2n) is 8.07. The Kier molecular flexibility index (Phi) is 7.41. The van der Waals surface area contributed by atoms with Crippen LogP contribution in [0.15, 0.2) is 53.5 Å². The van der Waals surface area contributed by atoms with Gasteiger partial charge in [-0.15, -0.1) is 6.42 Å². The first-order valence-corrected chi connectivity index (χ1v) is 10.6. The molecule has 32 heavy (non-hydrogen) atoms. The molecule has 1 fully saturated rings. The number of aromatic nitrogens is 2. The average Bonchev–Trinajstić information content (AvgIpc) is 3.30. The Morgan fingerprint density at radius 1 is 1.25 bits per heavy atom. The fourth-order valence-corrected chi connectivity index (χ4v) is 4.17. The fraction of sp³-hybridized carbons (Fsp3) is 0.320. The van der Waals surface area contributed by atoms with Crippen LogP contribution in [0.1, 0.15) is 35.6 Å². The number of amides is 1. The van der Waals surface area contributed by atoms with Gasteiger partial charge in [0.05, 0.1) is 29.7 Å². The van der Waals surface area contributed by atoms with Crippen molar-refractivity contribution < 1.29 is 10.3 Å². The van der Waals surface area contributed by atoms with Gasteiger partial charge >= 0.3 is 0 Å². The molecule has 1 amide bonds. The molecule has 1 aliphatic rings. The summed E-state index contributed by atoms with van der Waals surface area (Å²) in [6.07, 6.45) is 9.49. The molecule has 7 heteroatoms. The predicted molar refractivity (Wildman–Crippen MR) is 125 cm³/mol. The van der Waals surface area contributed by atoms with E-state index < -0.39 is 0 Å². The zero-order chi connectivity index (χ0) is 21.8. The molecular formula is C25H28N4O3. The molecular weight excluding hydrogens is 404 g/mol. The minimum absolute atomic E-state index is 0. The number of aromatic amines is 1. The molecule has 2 heterocycles. The van der Waals surface area contributed by atoms with E-state index in [1.807, 2.05) is 54.4 Å². The molecule has 1 atom stereocenters. The summed E-state index contributed by atoms with van der Waals surface area (Å²) in [7, 11) is 1.86. The normalized spacial score (nSPS) is 14.5. The third kappa shape index (κ3) is 5.22. The number of terminal acetylenes is 1. The molecule has 1 aromatic heterocycles. The second kappa shape index (κ2) is 10.2. The highest BCUT2D eigenvalue weighted by atomic mass is 16.2. The van der Waals surface area contributed by atoms with E-state index >= 15 is 0 Å². The highest BCUT2D eigenvalue weighted by Crippen LogP contribution is 2.25. The lowest BCUT2D eigenvalue weighted by molar-refractivity contribution is -0.131. The third-order valence-electron chi connectivity index (χ3n) is 5.92. The Morgan fingerprint density at radius 3 is 2.78 bits per heavy atom. The smallest absolute Gasteiger partial charge is 0.266 e. The van der Waals surface area contributed by atoms with Crippen LogP contribution in [0.4, 0.5) is 0 Å². The van der Waals surface area contributed by atoms with Gasteiger partial charge in [0.25, 0.3) is 5.56 Å². The number of benzene rings is 2. The summed E-state index contributed by atoms with van der Waals surface area (Å²) in [4.78, 5) is 35.9. The van der Waals surface area contributed by atoms with Crippen LogP contribution in [0.3, 0.4) is 0 Å². The number of carbonyl (C=O) groups is 1. The lowest BCUT2D eigenvalue weighted by Gasteiger charge is -2.32. The number of fused-ring (bicyclic) bond motifs is 1. The van der Waals surface area contributed by atoms with Gasteiger partial charge in [-0.05, 0) is 61.3 Å². The van der Waals surface area contributed by atoms with Gasteiger partial charge in [-0.1, -0.05) is 24.1 Å². The Bertz CT molecular complexity index is 1190. The number of likely N-dealkylation sites (tertiary alicyclic amines) is 1. The van der Waals surface area contributed by atoms with E-state index in [-0.39, 0.29) is 29.4 Å². The number of nitrogens with zero attached hydrogens (tertiary/aromatic N) is 3. The zero-order valence-corrected chi connectivity index (χ0v) is 18.2. The van der Waals surface area contributed by atoms with Crippen LogP contribution in [-0.2, 0) is 11.2 Å². The minimum atomic E-state index is -0.257. The molecule has 4 rings (SSSR count). The fourth-order valence-electron chi connectivity index (χ4n) is 4.17. The number of rotatable bonds is 6. The van der Waals surface area contributed by atoms with Gasteiger partial charge in [0, 0.05) is 19.2 Å². The lowest BCUT2D eigenvalue weighted by atomic mass is 10.0. The van der Waals surface area contributed by atoms with Gasteiger partial charge in [0.15, 0.2) is 0 Å². The number of nitrogens with one attached hydrogen (secondary N) is 1. The van der Waals surface area contributed by atoms with Crippen molar-refractivity contribution in [2.24, 2.45) is 0 Å². The second-order valence-corrected chi connectivity index (χ2v) is 8.07. The Hall–Kier alpha value is -3.47. The first kappa shape index (κ1) is 23.2. The van der Waals surface area contributed by atoms with Crippen molar-refractivity contribution >= 4 is 16.9 Å². The molecule has 0 bridgehead atoms. The van der Waals surface area contributed by atoms with E-state index in [0.29, 0.717) is 11.0 Å². The summed E-state index contributed by atoms with van der Waals surface area (Å²) in [5, 5.41) is 0. The molecule has 0 spiro atoms. The van der Waals surface area contributed by atoms with Crippen molar-refractivity contribution in [3.8, 4) is 12.3 Å². The molecule has 1 aliphatic heterocycles. The Morgan fingerprint density at radius 2 is 2.03 bits per heavy atom. The van der Waals surface area contributed by atoms with Crippen LogP contribution < -0.4 is 5.56 Å². The van der Waals surface area contributed by atoms with E-state index in [2.05, 4.69) is 20.8 Å².